The van der Waals surface area contributed by atoms with Crippen molar-refractivity contribution in [1.82, 2.24) is 19.6 Å². The van der Waals surface area contributed by atoms with Crippen LogP contribution < -0.4 is 0 Å². The SMILES string of the molecule is Cn1ncc2cc(C3=NCC4=C3CN(C(=O)CC3CCC5CCC3N5Cc3ccccc3F)CC4)ccc21. The van der Waals surface area contributed by atoms with E-state index in [1.807, 2.05) is 30.1 Å². The fourth-order valence-corrected chi connectivity index (χ4v) is 7.32. The van der Waals surface area contributed by atoms with Crippen molar-refractivity contribution in [2.75, 3.05) is 19.6 Å². The largest absolute Gasteiger partial charge is 0.338 e. The molecule has 3 unspecified atom stereocenters. The summed E-state index contributed by atoms with van der Waals surface area (Å²) in [5, 5.41) is 5.48. The van der Waals surface area contributed by atoms with Gasteiger partial charge in [0.05, 0.1) is 24.0 Å². The smallest absolute Gasteiger partial charge is 0.223 e. The third kappa shape index (κ3) is 4.08. The molecule has 6 nitrogen and oxygen atoms in total. The molecule has 4 aliphatic heterocycles. The van der Waals surface area contributed by atoms with Gasteiger partial charge in [-0.3, -0.25) is 19.4 Å². The summed E-state index contributed by atoms with van der Waals surface area (Å²) < 4.78 is 16.3. The molecule has 2 saturated heterocycles. The van der Waals surface area contributed by atoms with Crippen LogP contribution in [0, 0.1) is 11.7 Å². The van der Waals surface area contributed by atoms with Crippen LogP contribution in [0.1, 0.15) is 49.7 Å². The van der Waals surface area contributed by atoms with Crippen molar-refractivity contribution in [2.45, 2.75) is 57.2 Å². The molecule has 4 aliphatic rings. The summed E-state index contributed by atoms with van der Waals surface area (Å²) in [6, 6.07) is 14.4. The maximum absolute atomic E-state index is 14.4. The van der Waals surface area contributed by atoms with Gasteiger partial charge in [0.1, 0.15) is 5.82 Å². The highest BCUT2D eigenvalue weighted by Crippen LogP contribution is 2.42. The minimum atomic E-state index is -0.126. The van der Waals surface area contributed by atoms with Crippen LogP contribution in [0.2, 0.25) is 0 Å². The van der Waals surface area contributed by atoms with Gasteiger partial charge in [-0.15, -0.1) is 0 Å². The van der Waals surface area contributed by atoms with Gasteiger partial charge in [0.15, 0.2) is 0 Å². The fourth-order valence-electron chi connectivity index (χ4n) is 7.32. The number of hydrogen-bond donors (Lipinski definition) is 0. The van der Waals surface area contributed by atoms with E-state index in [0.29, 0.717) is 37.5 Å². The van der Waals surface area contributed by atoms with Crippen LogP contribution in [0.3, 0.4) is 0 Å². The standard InChI is InChI=1S/C31H34FN5O/c1-35-28-10-7-21(14-24(28)17-34-35)31-26-19-36(13-12-22(26)16-33-31)30(38)15-20-6-8-25-9-11-29(20)37(25)18-23-4-2-3-5-27(23)32/h2-5,7,10,14,17,20,25,29H,6,8-9,11-13,15-16,18-19H2,1H3. The summed E-state index contributed by atoms with van der Waals surface area (Å²) in [5.41, 5.74) is 6.63. The first-order valence-corrected chi connectivity index (χ1v) is 14.0. The molecule has 2 aromatic carbocycles. The lowest BCUT2D eigenvalue weighted by atomic mass is 9.86. The molecular weight excluding hydrogens is 477 g/mol. The van der Waals surface area contributed by atoms with Crippen molar-refractivity contribution >= 4 is 22.5 Å². The molecular formula is C31H34FN5O. The van der Waals surface area contributed by atoms with E-state index in [4.69, 9.17) is 4.99 Å². The molecule has 3 aromatic rings. The summed E-state index contributed by atoms with van der Waals surface area (Å²) in [6.07, 6.45) is 7.85. The van der Waals surface area contributed by atoms with Gasteiger partial charge in [-0.25, -0.2) is 4.39 Å². The number of benzene rings is 2. The molecule has 196 valence electrons. The molecule has 5 heterocycles. The van der Waals surface area contributed by atoms with Gasteiger partial charge in [-0.05, 0) is 67.4 Å². The topological polar surface area (TPSA) is 53.7 Å². The van der Waals surface area contributed by atoms with E-state index in [1.165, 1.54) is 11.1 Å². The maximum Gasteiger partial charge on any atom is 0.223 e. The van der Waals surface area contributed by atoms with E-state index in [-0.39, 0.29) is 11.7 Å². The zero-order valence-corrected chi connectivity index (χ0v) is 21.9. The fraction of sp³-hybridized carbons (Fsp3) is 0.452. The molecule has 0 N–H and O–H groups in total. The molecule has 38 heavy (non-hydrogen) atoms. The zero-order chi connectivity index (χ0) is 25.8. The van der Waals surface area contributed by atoms with E-state index in [1.54, 1.807) is 12.1 Å². The normalized spacial score (nSPS) is 25.3. The summed E-state index contributed by atoms with van der Waals surface area (Å²) in [7, 11) is 1.96. The lowest BCUT2D eigenvalue weighted by molar-refractivity contribution is -0.133. The van der Waals surface area contributed by atoms with E-state index >= 15 is 0 Å². The highest BCUT2D eigenvalue weighted by atomic mass is 19.1. The second-order valence-electron chi connectivity index (χ2n) is 11.5. The summed E-state index contributed by atoms with van der Waals surface area (Å²) in [4.78, 5) is 23.1. The molecule has 7 heteroatoms. The van der Waals surface area contributed by atoms with Gasteiger partial charge in [0.25, 0.3) is 0 Å². The third-order valence-electron chi connectivity index (χ3n) is 9.40. The number of nitrogens with zero attached hydrogens (tertiary/aromatic N) is 5. The quantitative estimate of drug-likeness (QED) is 0.491. The van der Waals surface area contributed by atoms with Crippen molar-refractivity contribution in [3.63, 3.8) is 0 Å². The first-order chi connectivity index (χ1) is 18.5. The van der Waals surface area contributed by atoms with E-state index in [0.717, 1.165) is 72.9 Å². The third-order valence-corrected chi connectivity index (χ3v) is 9.40. The van der Waals surface area contributed by atoms with Gasteiger partial charge in [-0.2, -0.15) is 5.10 Å². The zero-order valence-electron chi connectivity index (χ0n) is 21.9. The lowest BCUT2D eigenvalue weighted by Gasteiger charge is -2.41. The van der Waals surface area contributed by atoms with Gasteiger partial charge in [0, 0.05) is 61.7 Å². The molecule has 0 spiro atoms. The molecule has 0 aliphatic carbocycles. The Hall–Kier alpha value is -3.32. The van der Waals surface area contributed by atoms with Crippen molar-refractivity contribution in [3.05, 3.63) is 76.8 Å². The molecule has 2 fully saturated rings. The maximum atomic E-state index is 14.4. The van der Waals surface area contributed by atoms with E-state index < -0.39 is 0 Å². The predicted octanol–water partition coefficient (Wildman–Crippen LogP) is 4.88. The van der Waals surface area contributed by atoms with Gasteiger partial charge >= 0.3 is 0 Å². The molecule has 0 radical (unpaired) electrons. The summed E-state index contributed by atoms with van der Waals surface area (Å²) in [6.45, 7) is 2.82. The number of aryl methyl sites for hydroxylation is 1. The predicted molar refractivity (Wildman–Crippen MR) is 146 cm³/mol. The van der Waals surface area contributed by atoms with E-state index in [9.17, 15) is 9.18 Å². The number of aromatic nitrogens is 2. The van der Waals surface area contributed by atoms with Crippen LogP contribution >= 0.6 is 0 Å². The molecule has 2 bridgehead atoms. The minimum Gasteiger partial charge on any atom is -0.338 e. The number of carbonyl (C=O) groups excluding carboxylic acids is 1. The highest BCUT2D eigenvalue weighted by molar-refractivity contribution is 6.16. The van der Waals surface area contributed by atoms with Crippen LogP contribution in [0.25, 0.3) is 10.9 Å². The Morgan fingerprint density at radius 2 is 1.97 bits per heavy atom. The number of piperidine rings is 1. The second kappa shape index (κ2) is 9.45. The molecule has 7 rings (SSSR count). The second-order valence-corrected chi connectivity index (χ2v) is 11.5. The van der Waals surface area contributed by atoms with Gasteiger partial charge in [-0.1, -0.05) is 24.3 Å². The number of fused-ring (bicyclic) bond motifs is 3. The minimum absolute atomic E-state index is 0.126. The Morgan fingerprint density at radius 3 is 2.87 bits per heavy atom. The van der Waals surface area contributed by atoms with Crippen molar-refractivity contribution in [1.29, 1.82) is 0 Å². The number of halogens is 1. The molecule has 0 saturated carbocycles. The Kier molecular flexibility index (Phi) is 5.91. The number of hydrogen-bond acceptors (Lipinski definition) is 4. The summed E-state index contributed by atoms with van der Waals surface area (Å²) >= 11 is 0. The number of aliphatic imine (C=N–C) groups is 1. The number of rotatable bonds is 5. The van der Waals surface area contributed by atoms with Gasteiger partial charge < -0.3 is 4.90 Å². The Labute approximate surface area is 222 Å². The average molecular weight is 512 g/mol. The van der Waals surface area contributed by atoms with Crippen LogP contribution in [0.4, 0.5) is 4.39 Å². The summed E-state index contributed by atoms with van der Waals surface area (Å²) in [5.74, 6) is 0.471. The van der Waals surface area contributed by atoms with Crippen LogP contribution in [0.5, 0.6) is 0 Å². The highest BCUT2D eigenvalue weighted by Gasteiger charge is 2.43. The Balaban J connectivity index is 1.04. The molecule has 3 atom stereocenters. The lowest BCUT2D eigenvalue weighted by Crippen LogP contribution is -2.46. The first-order valence-electron chi connectivity index (χ1n) is 14.0. The first kappa shape index (κ1) is 23.8. The van der Waals surface area contributed by atoms with Crippen molar-refractivity contribution < 1.29 is 9.18 Å². The van der Waals surface area contributed by atoms with E-state index in [2.05, 4.69) is 33.1 Å². The van der Waals surface area contributed by atoms with Crippen LogP contribution in [-0.4, -0.2) is 62.9 Å². The van der Waals surface area contributed by atoms with Crippen molar-refractivity contribution in [3.8, 4) is 0 Å². The van der Waals surface area contributed by atoms with Gasteiger partial charge in [0.2, 0.25) is 5.91 Å². The monoisotopic (exact) mass is 511 g/mol. The number of carbonyl (C=O) groups is 1. The van der Waals surface area contributed by atoms with Crippen LogP contribution in [-0.2, 0) is 18.4 Å². The average Bonchev–Trinajstić information content (AvgIpc) is 3.60. The van der Waals surface area contributed by atoms with Crippen molar-refractivity contribution in [2.24, 2.45) is 18.0 Å². The molecule has 1 aromatic heterocycles. The Morgan fingerprint density at radius 1 is 1.11 bits per heavy atom. The molecule has 1 amide bonds. The van der Waals surface area contributed by atoms with Crippen LogP contribution in [0.15, 0.2) is 64.8 Å². The number of amides is 1. The Bertz CT molecular complexity index is 1470.